The Morgan fingerprint density at radius 1 is 1.45 bits per heavy atom. The monoisotopic (exact) mass is 280 g/mol. The summed E-state index contributed by atoms with van der Waals surface area (Å²) in [5.41, 5.74) is 4.18. The Balaban J connectivity index is 2.03. The van der Waals surface area contributed by atoms with E-state index >= 15 is 0 Å². The molecule has 5 heteroatoms. The maximum Gasteiger partial charge on any atom is 0.0772 e. The second-order valence-electron chi connectivity index (χ2n) is 5.82. The minimum atomic E-state index is 0.155. The first kappa shape index (κ1) is 15.5. The Bertz CT molecular complexity index is 387. The Hall–Kier alpha value is -0.910. The fourth-order valence-corrected chi connectivity index (χ4v) is 3.34. The van der Waals surface area contributed by atoms with Crippen molar-refractivity contribution in [3.63, 3.8) is 0 Å². The minimum absolute atomic E-state index is 0.155. The summed E-state index contributed by atoms with van der Waals surface area (Å²) in [5.74, 6) is 6.43. The zero-order valence-corrected chi connectivity index (χ0v) is 12.7. The van der Waals surface area contributed by atoms with Gasteiger partial charge in [-0.05, 0) is 37.7 Å². The topological polar surface area (TPSA) is 65.1 Å². The average Bonchev–Trinajstić information content (AvgIpc) is 2.89. The van der Waals surface area contributed by atoms with E-state index in [9.17, 15) is 0 Å². The van der Waals surface area contributed by atoms with Gasteiger partial charge >= 0.3 is 0 Å². The zero-order valence-electron chi connectivity index (χ0n) is 12.7. The van der Waals surface area contributed by atoms with Crippen molar-refractivity contribution in [2.45, 2.75) is 57.6 Å². The first-order valence-electron chi connectivity index (χ1n) is 7.79. The van der Waals surface area contributed by atoms with E-state index < -0.39 is 0 Å². The van der Waals surface area contributed by atoms with Crippen molar-refractivity contribution in [3.05, 3.63) is 18.0 Å². The third-order valence-corrected chi connectivity index (χ3v) is 4.30. The van der Waals surface area contributed by atoms with E-state index in [0.29, 0.717) is 5.92 Å². The fourth-order valence-electron chi connectivity index (χ4n) is 3.34. The molecule has 1 aliphatic carbocycles. The molecule has 0 bridgehead atoms. The van der Waals surface area contributed by atoms with Crippen molar-refractivity contribution in [2.75, 3.05) is 6.61 Å². The van der Waals surface area contributed by atoms with Crippen LogP contribution in [0.4, 0.5) is 0 Å². The van der Waals surface area contributed by atoms with E-state index in [4.69, 9.17) is 10.6 Å². The van der Waals surface area contributed by atoms with E-state index in [1.807, 2.05) is 24.1 Å². The lowest BCUT2D eigenvalue weighted by molar-refractivity contribution is -0.0175. The fraction of sp³-hybridized carbons (Fsp3) is 0.800. The second kappa shape index (κ2) is 7.76. The molecule has 3 N–H and O–H groups in total. The molecule has 0 aromatic carbocycles. The predicted octanol–water partition coefficient (Wildman–Crippen LogP) is 1.78. The molecule has 2 unspecified atom stereocenters. The van der Waals surface area contributed by atoms with Gasteiger partial charge in [-0.15, -0.1) is 0 Å². The molecule has 1 aromatic heterocycles. The van der Waals surface area contributed by atoms with Crippen LogP contribution in [-0.2, 0) is 18.2 Å². The second-order valence-corrected chi connectivity index (χ2v) is 5.82. The third kappa shape index (κ3) is 4.04. The Morgan fingerprint density at radius 2 is 2.20 bits per heavy atom. The van der Waals surface area contributed by atoms with Gasteiger partial charge in [0, 0.05) is 19.9 Å². The quantitative estimate of drug-likeness (QED) is 0.590. The summed E-state index contributed by atoms with van der Waals surface area (Å²) >= 11 is 0. The first-order valence-corrected chi connectivity index (χ1v) is 7.79. The number of aromatic nitrogens is 2. The van der Waals surface area contributed by atoms with Crippen molar-refractivity contribution >= 4 is 0 Å². The summed E-state index contributed by atoms with van der Waals surface area (Å²) < 4.78 is 7.88. The van der Waals surface area contributed by atoms with Gasteiger partial charge < -0.3 is 4.74 Å². The van der Waals surface area contributed by atoms with Crippen molar-refractivity contribution in [3.8, 4) is 0 Å². The number of nitrogens with two attached hydrogens (primary N) is 1. The van der Waals surface area contributed by atoms with E-state index in [0.717, 1.165) is 13.0 Å². The van der Waals surface area contributed by atoms with Crippen molar-refractivity contribution in [1.82, 2.24) is 15.2 Å². The number of hydrogen-bond donors (Lipinski definition) is 2. The number of nitrogens with one attached hydrogen (secondary N) is 1. The third-order valence-electron chi connectivity index (χ3n) is 4.30. The molecule has 1 aliphatic rings. The molecule has 0 aliphatic heterocycles. The number of ether oxygens (including phenoxy) is 1. The largest absolute Gasteiger partial charge is 0.377 e. The SMILES string of the molecule is CCOC(C1CCCCC1)C(Cc1cnn(C)c1)NN. The molecule has 1 heterocycles. The molecule has 0 saturated heterocycles. The Labute approximate surface area is 121 Å². The van der Waals surface area contributed by atoms with Gasteiger partial charge in [0.1, 0.15) is 0 Å². The molecule has 1 fully saturated rings. The first-order chi connectivity index (χ1) is 9.74. The molecule has 114 valence electrons. The summed E-state index contributed by atoms with van der Waals surface area (Å²) in [6.07, 6.45) is 11.5. The highest BCUT2D eigenvalue weighted by Crippen LogP contribution is 2.30. The summed E-state index contributed by atoms with van der Waals surface area (Å²) in [5, 5.41) is 4.23. The van der Waals surface area contributed by atoms with Crippen LogP contribution in [0, 0.1) is 5.92 Å². The molecule has 20 heavy (non-hydrogen) atoms. The molecule has 1 aromatic rings. The standard InChI is InChI=1S/C15H28N4O/c1-3-20-15(13-7-5-4-6-8-13)14(18-16)9-12-10-17-19(2)11-12/h10-11,13-15,18H,3-9,16H2,1-2H3. The molecule has 5 nitrogen and oxygen atoms in total. The number of nitrogens with zero attached hydrogens (tertiary/aromatic N) is 2. The highest BCUT2D eigenvalue weighted by atomic mass is 16.5. The molecule has 2 rings (SSSR count). The van der Waals surface area contributed by atoms with E-state index in [-0.39, 0.29) is 12.1 Å². The maximum absolute atomic E-state index is 6.04. The smallest absolute Gasteiger partial charge is 0.0772 e. The van der Waals surface area contributed by atoms with Crippen LogP contribution in [0.1, 0.15) is 44.6 Å². The molecule has 0 radical (unpaired) electrons. The van der Waals surface area contributed by atoms with Crippen LogP contribution >= 0.6 is 0 Å². The summed E-state index contributed by atoms with van der Waals surface area (Å²) in [7, 11) is 1.94. The Morgan fingerprint density at radius 3 is 2.75 bits per heavy atom. The van der Waals surface area contributed by atoms with Crippen molar-refractivity contribution in [1.29, 1.82) is 0 Å². The van der Waals surface area contributed by atoms with E-state index in [2.05, 4.69) is 17.4 Å². The van der Waals surface area contributed by atoms with Gasteiger partial charge in [0.2, 0.25) is 0 Å². The van der Waals surface area contributed by atoms with Crippen molar-refractivity contribution in [2.24, 2.45) is 18.8 Å². The van der Waals surface area contributed by atoms with E-state index in [1.165, 1.54) is 37.7 Å². The molecule has 1 saturated carbocycles. The lowest BCUT2D eigenvalue weighted by atomic mass is 9.81. The zero-order chi connectivity index (χ0) is 14.4. The van der Waals surface area contributed by atoms with Gasteiger partial charge in [-0.3, -0.25) is 16.0 Å². The molecule has 0 spiro atoms. The van der Waals surface area contributed by atoms with Gasteiger partial charge in [0.05, 0.1) is 18.3 Å². The van der Waals surface area contributed by atoms with E-state index in [1.54, 1.807) is 0 Å². The summed E-state index contributed by atoms with van der Waals surface area (Å²) in [6.45, 7) is 2.81. The minimum Gasteiger partial charge on any atom is -0.377 e. The van der Waals surface area contributed by atoms with Crippen LogP contribution in [0.15, 0.2) is 12.4 Å². The van der Waals surface area contributed by atoms with Gasteiger partial charge in [-0.1, -0.05) is 19.3 Å². The van der Waals surface area contributed by atoms with Crippen LogP contribution < -0.4 is 11.3 Å². The molecule has 2 atom stereocenters. The Kier molecular flexibility index (Phi) is 6.01. The number of aryl methyl sites for hydroxylation is 1. The van der Waals surface area contributed by atoms with Crippen LogP contribution in [0.5, 0.6) is 0 Å². The van der Waals surface area contributed by atoms with Crippen LogP contribution in [0.3, 0.4) is 0 Å². The molecular weight excluding hydrogens is 252 g/mol. The van der Waals surface area contributed by atoms with Gasteiger partial charge in [-0.2, -0.15) is 5.10 Å². The lowest BCUT2D eigenvalue weighted by Gasteiger charge is -2.35. The normalized spacial score (nSPS) is 19.9. The molecular formula is C15H28N4O. The van der Waals surface area contributed by atoms with Gasteiger partial charge in [0.25, 0.3) is 0 Å². The van der Waals surface area contributed by atoms with Crippen LogP contribution in [0.2, 0.25) is 0 Å². The predicted molar refractivity (Wildman–Crippen MR) is 80.0 cm³/mol. The average molecular weight is 280 g/mol. The van der Waals surface area contributed by atoms with Gasteiger partial charge in [0.15, 0.2) is 0 Å². The summed E-state index contributed by atoms with van der Waals surface area (Å²) in [4.78, 5) is 0. The lowest BCUT2D eigenvalue weighted by Crippen LogP contribution is -2.50. The number of hydrazine groups is 1. The van der Waals surface area contributed by atoms with Crippen LogP contribution in [-0.4, -0.2) is 28.5 Å². The van der Waals surface area contributed by atoms with Gasteiger partial charge in [-0.25, -0.2) is 0 Å². The summed E-state index contributed by atoms with van der Waals surface area (Å²) in [6, 6.07) is 0.155. The highest BCUT2D eigenvalue weighted by Gasteiger charge is 2.30. The van der Waals surface area contributed by atoms with Crippen LogP contribution in [0.25, 0.3) is 0 Å². The maximum atomic E-state index is 6.04. The highest BCUT2D eigenvalue weighted by molar-refractivity contribution is 5.07. The number of hydrogen-bond acceptors (Lipinski definition) is 4. The number of rotatable bonds is 7. The van der Waals surface area contributed by atoms with Crippen molar-refractivity contribution < 1.29 is 4.74 Å². The molecule has 0 amide bonds.